The van der Waals surface area contributed by atoms with Gasteiger partial charge in [0.25, 0.3) is 0 Å². The Morgan fingerprint density at radius 3 is 2.50 bits per heavy atom. The van der Waals surface area contributed by atoms with E-state index in [0.717, 1.165) is 22.7 Å². The fraction of sp³-hybridized carbons (Fsp3) is 0.538. The highest BCUT2D eigenvalue weighted by molar-refractivity contribution is 6.32. The topological polar surface area (TPSA) is 23.5 Å². The van der Waals surface area contributed by atoms with Crippen molar-refractivity contribution in [2.24, 2.45) is 0 Å². The van der Waals surface area contributed by atoms with Crippen molar-refractivity contribution in [2.75, 3.05) is 13.1 Å². The number of rotatable bonds is 3. The molecule has 1 fully saturated rings. The van der Waals surface area contributed by atoms with Gasteiger partial charge in [-0.25, -0.2) is 0 Å². The smallest absolute Gasteiger partial charge is 0.0696 e. The fourth-order valence-corrected chi connectivity index (χ4v) is 2.48. The molecule has 0 bridgehead atoms. The zero-order valence-corrected chi connectivity index (χ0v) is 10.2. The molecule has 0 aromatic heterocycles. The minimum absolute atomic E-state index is 0.0205. The Balaban J connectivity index is 2.08. The van der Waals surface area contributed by atoms with Crippen molar-refractivity contribution in [1.29, 1.82) is 0 Å². The predicted octanol–water partition coefficient (Wildman–Crippen LogP) is 2.82. The molecule has 3 heteroatoms. The number of aliphatic hydroxyl groups excluding tert-OH is 1. The number of likely N-dealkylation sites (tertiary alicyclic amines) is 1. The lowest BCUT2D eigenvalue weighted by atomic mass is 10.1. The number of aliphatic hydroxyl groups is 1. The van der Waals surface area contributed by atoms with Crippen LogP contribution in [0.5, 0.6) is 0 Å². The van der Waals surface area contributed by atoms with Crippen LogP contribution in [-0.4, -0.2) is 23.1 Å². The zero-order valence-electron chi connectivity index (χ0n) is 9.45. The Morgan fingerprint density at radius 1 is 1.12 bits per heavy atom. The van der Waals surface area contributed by atoms with Crippen molar-refractivity contribution in [2.45, 2.75) is 32.4 Å². The second kappa shape index (κ2) is 5.67. The molecule has 0 spiro atoms. The van der Waals surface area contributed by atoms with Gasteiger partial charge in [-0.15, -0.1) is 0 Å². The lowest BCUT2D eigenvalue weighted by Crippen LogP contribution is -2.29. The van der Waals surface area contributed by atoms with Crippen LogP contribution in [0.15, 0.2) is 18.2 Å². The minimum Gasteiger partial charge on any atom is -0.392 e. The molecule has 0 radical (unpaired) electrons. The Hall–Kier alpha value is -0.570. The number of hydrogen-bond donors (Lipinski definition) is 1. The lowest BCUT2D eigenvalue weighted by molar-refractivity contribution is 0.220. The Bertz CT molecular complexity index is 348. The number of piperidine rings is 1. The summed E-state index contributed by atoms with van der Waals surface area (Å²) in [4.78, 5) is 2.44. The SMILES string of the molecule is OCc1cccc(CN2CCCCC2)c1Cl. The van der Waals surface area contributed by atoms with Gasteiger partial charge in [-0.1, -0.05) is 36.2 Å². The number of hydrogen-bond acceptors (Lipinski definition) is 2. The Morgan fingerprint density at radius 2 is 1.81 bits per heavy atom. The number of nitrogens with zero attached hydrogens (tertiary/aromatic N) is 1. The Labute approximate surface area is 102 Å². The van der Waals surface area contributed by atoms with Crippen molar-refractivity contribution >= 4 is 11.6 Å². The normalized spacial score (nSPS) is 17.6. The maximum absolute atomic E-state index is 9.15. The first-order valence-corrected chi connectivity index (χ1v) is 6.28. The van der Waals surface area contributed by atoms with Gasteiger partial charge in [-0.2, -0.15) is 0 Å². The van der Waals surface area contributed by atoms with Gasteiger partial charge < -0.3 is 5.11 Å². The van der Waals surface area contributed by atoms with E-state index in [2.05, 4.69) is 11.0 Å². The lowest BCUT2D eigenvalue weighted by Gasteiger charge is -2.27. The van der Waals surface area contributed by atoms with E-state index in [9.17, 15) is 0 Å². The van der Waals surface area contributed by atoms with Gasteiger partial charge in [0.05, 0.1) is 11.6 Å². The van der Waals surface area contributed by atoms with E-state index in [4.69, 9.17) is 16.7 Å². The average Bonchev–Trinajstić information content (AvgIpc) is 2.33. The van der Waals surface area contributed by atoms with Crippen molar-refractivity contribution in [3.05, 3.63) is 34.3 Å². The van der Waals surface area contributed by atoms with Crippen molar-refractivity contribution in [1.82, 2.24) is 4.90 Å². The first kappa shape index (κ1) is 11.9. The van der Waals surface area contributed by atoms with Gasteiger partial charge in [0.1, 0.15) is 0 Å². The molecule has 0 amide bonds. The van der Waals surface area contributed by atoms with E-state index < -0.39 is 0 Å². The summed E-state index contributed by atoms with van der Waals surface area (Å²) in [5, 5.41) is 9.88. The summed E-state index contributed by atoms with van der Waals surface area (Å²) >= 11 is 6.24. The van der Waals surface area contributed by atoms with Crippen molar-refractivity contribution in [3.63, 3.8) is 0 Å². The fourth-order valence-electron chi connectivity index (χ4n) is 2.24. The summed E-state index contributed by atoms with van der Waals surface area (Å²) in [6.07, 6.45) is 3.93. The summed E-state index contributed by atoms with van der Waals surface area (Å²) < 4.78 is 0. The molecule has 0 unspecified atom stereocenters. The van der Waals surface area contributed by atoms with Gasteiger partial charge in [-0.05, 0) is 37.1 Å². The standard InChI is InChI=1S/C13H18ClNO/c14-13-11(5-4-6-12(13)10-16)9-15-7-2-1-3-8-15/h4-6,16H,1-3,7-10H2. The molecule has 1 heterocycles. The monoisotopic (exact) mass is 239 g/mol. The molecule has 2 nitrogen and oxygen atoms in total. The summed E-state index contributed by atoms with van der Waals surface area (Å²) in [6, 6.07) is 5.90. The molecule has 0 aliphatic carbocycles. The second-order valence-corrected chi connectivity index (χ2v) is 4.76. The van der Waals surface area contributed by atoms with Crippen LogP contribution >= 0.6 is 11.6 Å². The highest BCUT2D eigenvalue weighted by Crippen LogP contribution is 2.23. The maximum Gasteiger partial charge on any atom is 0.0696 e. The van der Waals surface area contributed by atoms with E-state index in [-0.39, 0.29) is 6.61 Å². The van der Waals surface area contributed by atoms with Crippen molar-refractivity contribution < 1.29 is 5.11 Å². The van der Waals surface area contributed by atoms with Crippen molar-refractivity contribution in [3.8, 4) is 0 Å². The van der Waals surface area contributed by atoms with Crippen LogP contribution in [0.3, 0.4) is 0 Å². The summed E-state index contributed by atoms with van der Waals surface area (Å²) in [6.45, 7) is 3.26. The molecule has 1 N–H and O–H groups in total. The third-order valence-electron chi connectivity index (χ3n) is 3.17. The first-order valence-electron chi connectivity index (χ1n) is 5.91. The van der Waals surface area contributed by atoms with E-state index >= 15 is 0 Å². The molecular weight excluding hydrogens is 222 g/mol. The summed E-state index contributed by atoms with van der Waals surface area (Å²) in [5.41, 5.74) is 1.96. The quantitative estimate of drug-likeness (QED) is 0.877. The highest BCUT2D eigenvalue weighted by atomic mass is 35.5. The highest BCUT2D eigenvalue weighted by Gasteiger charge is 2.13. The molecule has 1 aliphatic heterocycles. The third-order valence-corrected chi connectivity index (χ3v) is 3.66. The van der Waals surface area contributed by atoms with Gasteiger partial charge in [0, 0.05) is 6.54 Å². The van der Waals surface area contributed by atoms with Crippen LogP contribution in [-0.2, 0) is 13.2 Å². The van der Waals surface area contributed by atoms with Gasteiger partial charge in [-0.3, -0.25) is 4.90 Å². The molecule has 0 saturated carbocycles. The van der Waals surface area contributed by atoms with E-state index in [1.54, 1.807) is 0 Å². The molecule has 2 rings (SSSR count). The largest absolute Gasteiger partial charge is 0.392 e. The molecule has 1 saturated heterocycles. The molecule has 16 heavy (non-hydrogen) atoms. The summed E-state index contributed by atoms with van der Waals surface area (Å²) in [7, 11) is 0. The van der Waals surface area contributed by atoms with E-state index in [1.807, 2.05) is 12.1 Å². The first-order chi connectivity index (χ1) is 7.81. The zero-order chi connectivity index (χ0) is 11.4. The molecule has 1 aliphatic rings. The van der Waals surface area contributed by atoms with Crippen LogP contribution < -0.4 is 0 Å². The van der Waals surface area contributed by atoms with E-state index in [0.29, 0.717) is 0 Å². The number of halogens is 1. The minimum atomic E-state index is 0.0205. The number of benzene rings is 1. The summed E-state index contributed by atoms with van der Waals surface area (Å²) in [5.74, 6) is 0. The van der Waals surface area contributed by atoms with Crippen LogP contribution in [0.4, 0.5) is 0 Å². The average molecular weight is 240 g/mol. The predicted molar refractivity (Wildman–Crippen MR) is 66.5 cm³/mol. The molecular formula is C13H18ClNO. The Kier molecular flexibility index (Phi) is 4.22. The van der Waals surface area contributed by atoms with Crippen LogP contribution in [0.1, 0.15) is 30.4 Å². The molecule has 88 valence electrons. The maximum atomic E-state index is 9.15. The third kappa shape index (κ3) is 2.76. The van der Waals surface area contributed by atoms with Gasteiger partial charge >= 0.3 is 0 Å². The second-order valence-electron chi connectivity index (χ2n) is 4.39. The van der Waals surface area contributed by atoms with Crippen LogP contribution in [0, 0.1) is 0 Å². The molecule has 0 atom stereocenters. The van der Waals surface area contributed by atoms with Crippen LogP contribution in [0.2, 0.25) is 5.02 Å². The van der Waals surface area contributed by atoms with Gasteiger partial charge in [0.2, 0.25) is 0 Å². The van der Waals surface area contributed by atoms with Crippen LogP contribution in [0.25, 0.3) is 0 Å². The molecule has 1 aromatic carbocycles. The van der Waals surface area contributed by atoms with E-state index in [1.165, 1.54) is 32.4 Å². The molecule has 1 aromatic rings. The van der Waals surface area contributed by atoms with Gasteiger partial charge in [0.15, 0.2) is 0 Å².